The zero-order chi connectivity index (χ0) is 13.2. The van der Waals surface area contributed by atoms with Crippen LogP contribution in [0.15, 0.2) is 28.0 Å². The van der Waals surface area contributed by atoms with Crippen molar-refractivity contribution in [2.24, 2.45) is 0 Å². The molecule has 0 unspecified atom stereocenters. The molecule has 0 spiro atoms. The topological polar surface area (TPSA) is 51.0 Å². The lowest BCUT2D eigenvalue weighted by atomic mass is 10.1. The summed E-state index contributed by atoms with van der Waals surface area (Å²) < 4.78 is 5.48. The van der Waals surface area contributed by atoms with Crippen molar-refractivity contribution in [1.82, 2.24) is 15.3 Å². The Labute approximate surface area is 115 Å². The number of oxazole rings is 1. The summed E-state index contributed by atoms with van der Waals surface area (Å²) in [5.41, 5.74) is 3.82. The van der Waals surface area contributed by atoms with Gasteiger partial charge >= 0.3 is 0 Å². The van der Waals surface area contributed by atoms with Gasteiger partial charge in [0.15, 0.2) is 11.5 Å². The first-order valence-electron chi connectivity index (χ1n) is 6.23. The molecule has 2 aromatic heterocycles. The Hall–Kier alpha value is -1.72. The number of likely N-dealkylation sites (N-methyl/N-ethyl adjacent to an activating group) is 1. The Morgan fingerprint density at radius 2 is 2.21 bits per heavy atom. The third-order valence-corrected chi connectivity index (χ3v) is 3.84. The number of rotatable bonds is 4. The Morgan fingerprint density at radius 1 is 1.32 bits per heavy atom. The molecule has 0 saturated heterocycles. The fourth-order valence-corrected chi connectivity index (χ4v) is 2.80. The molecule has 0 aliphatic rings. The molecule has 0 bridgehead atoms. The van der Waals surface area contributed by atoms with E-state index in [0.717, 1.165) is 40.3 Å². The molecular weight excluding hydrogens is 258 g/mol. The summed E-state index contributed by atoms with van der Waals surface area (Å²) in [7, 11) is 1.95. The molecule has 98 valence electrons. The van der Waals surface area contributed by atoms with Crippen LogP contribution < -0.4 is 5.32 Å². The maximum absolute atomic E-state index is 5.48. The van der Waals surface area contributed by atoms with Crippen molar-refractivity contribution in [2.45, 2.75) is 13.3 Å². The van der Waals surface area contributed by atoms with Crippen LogP contribution in [-0.4, -0.2) is 23.6 Å². The minimum Gasteiger partial charge on any atom is -0.441 e. The lowest BCUT2D eigenvalue weighted by Crippen LogP contribution is -2.09. The first-order chi connectivity index (χ1) is 9.26. The monoisotopic (exact) mass is 273 g/mol. The highest BCUT2D eigenvalue weighted by molar-refractivity contribution is 7.09. The molecule has 1 N–H and O–H groups in total. The predicted molar refractivity (Wildman–Crippen MR) is 77.5 cm³/mol. The van der Waals surface area contributed by atoms with Crippen LogP contribution in [0.1, 0.15) is 10.9 Å². The highest BCUT2D eigenvalue weighted by Gasteiger charge is 2.08. The van der Waals surface area contributed by atoms with Crippen molar-refractivity contribution in [1.29, 1.82) is 0 Å². The van der Waals surface area contributed by atoms with Crippen LogP contribution >= 0.6 is 11.3 Å². The third kappa shape index (κ3) is 2.52. The van der Waals surface area contributed by atoms with E-state index >= 15 is 0 Å². The van der Waals surface area contributed by atoms with Crippen molar-refractivity contribution >= 4 is 22.4 Å². The van der Waals surface area contributed by atoms with E-state index in [0.29, 0.717) is 5.89 Å². The van der Waals surface area contributed by atoms with E-state index in [2.05, 4.69) is 20.7 Å². The zero-order valence-electron chi connectivity index (χ0n) is 10.9. The summed E-state index contributed by atoms with van der Waals surface area (Å²) in [5.74, 6) is 0.695. The molecule has 5 heteroatoms. The number of nitrogens with one attached hydrogen (secondary N) is 1. The van der Waals surface area contributed by atoms with Gasteiger partial charge in [-0.25, -0.2) is 9.97 Å². The Kier molecular flexibility index (Phi) is 3.31. The number of hydrogen-bond donors (Lipinski definition) is 1. The lowest BCUT2D eigenvalue weighted by Gasteiger charge is -1.96. The van der Waals surface area contributed by atoms with E-state index in [4.69, 9.17) is 4.42 Å². The van der Waals surface area contributed by atoms with Gasteiger partial charge in [-0.05, 0) is 25.2 Å². The molecule has 0 aliphatic heterocycles. The molecule has 0 saturated carbocycles. The maximum Gasteiger partial charge on any atom is 0.192 e. The van der Waals surface area contributed by atoms with Crippen LogP contribution in [0.4, 0.5) is 0 Å². The van der Waals surface area contributed by atoms with E-state index in [1.54, 1.807) is 11.3 Å². The summed E-state index contributed by atoms with van der Waals surface area (Å²) in [6, 6.07) is 6.02. The fourth-order valence-electron chi connectivity index (χ4n) is 1.99. The van der Waals surface area contributed by atoms with Gasteiger partial charge in [-0.3, -0.25) is 0 Å². The minimum atomic E-state index is 0.695. The zero-order valence-corrected chi connectivity index (χ0v) is 11.8. The van der Waals surface area contributed by atoms with E-state index in [1.165, 1.54) is 0 Å². The van der Waals surface area contributed by atoms with Gasteiger partial charge in [-0.1, -0.05) is 0 Å². The van der Waals surface area contributed by atoms with Crippen molar-refractivity contribution in [3.8, 4) is 11.3 Å². The highest BCUT2D eigenvalue weighted by Crippen LogP contribution is 2.26. The van der Waals surface area contributed by atoms with Gasteiger partial charge in [0, 0.05) is 30.8 Å². The summed E-state index contributed by atoms with van der Waals surface area (Å²) in [4.78, 5) is 9.01. The Balaban J connectivity index is 1.92. The van der Waals surface area contributed by atoms with Gasteiger partial charge < -0.3 is 9.73 Å². The van der Waals surface area contributed by atoms with Crippen LogP contribution in [-0.2, 0) is 6.42 Å². The maximum atomic E-state index is 5.48. The standard InChI is InChI=1S/C14H15N3OS/c1-9-16-11-7-10(3-4-13(11)18-9)12-8-19-14(17-12)5-6-15-2/h3-4,7-8,15H,5-6H2,1-2H3. The quantitative estimate of drug-likeness (QED) is 0.794. The molecule has 4 nitrogen and oxygen atoms in total. The number of aromatic nitrogens is 2. The number of benzene rings is 1. The molecule has 0 radical (unpaired) electrons. The largest absolute Gasteiger partial charge is 0.441 e. The van der Waals surface area contributed by atoms with Crippen LogP contribution in [0.25, 0.3) is 22.4 Å². The number of nitrogens with zero attached hydrogens (tertiary/aromatic N) is 2. The van der Waals surface area contributed by atoms with E-state index in [-0.39, 0.29) is 0 Å². The van der Waals surface area contributed by atoms with Crippen molar-refractivity contribution < 1.29 is 4.42 Å². The SMILES string of the molecule is CNCCc1nc(-c2ccc3oc(C)nc3c2)cs1. The van der Waals surface area contributed by atoms with Crippen molar-refractivity contribution in [2.75, 3.05) is 13.6 Å². The highest BCUT2D eigenvalue weighted by atomic mass is 32.1. The molecule has 0 aliphatic carbocycles. The summed E-state index contributed by atoms with van der Waals surface area (Å²) >= 11 is 1.70. The van der Waals surface area contributed by atoms with Gasteiger partial charge in [0.25, 0.3) is 0 Å². The van der Waals surface area contributed by atoms with E-state index in [9.17, 15) is 0 Å². The summed E-state index contributed by atoms with van der Waals surface area (Å²) in [6.45, 7) is 2.81. The number of fused-ring (bicyclic) bond motifs is 1. The molecule has 2 heterocycles. The summed E-state index contributed by atoms with van der Waals surface area (Å²) in [6.07, 6.45) is 0.965. The third-order valence-electron chi connectivity index (χ3n) is 2.93. The van der Waals surface area contributed by atoms with Gasteiger partial charge in [0.05, 0.1) is 10.7 Å². The van der Waals surface area contributed by atoms with Crippen LogP contribution in [0, 0.1) is 6.92 Å². The first kappa shape index (κ1) is 12.3. The molecule has 1 aromatic carbocycles. The average Bonchev–Trinajstić information content (AvgIpc) is 3.00. The lowest BCUT2D eigenvalue weighted by molar-refractivity contribution is 0.561. The normalized spacial score (nSPS) is 11.3. The number of aryl methyl sites for hydroxylation is 1. The average molecular weight is 273 g/mol. The van der Waals surface area contributed by atoms with Crippen molar-refractivity contribution in [3.05, 3.63) is 34.5 Å². The predicted octanol–water partition coefficient (Wildman–Crippen LogP) is 3.02. The summed E-state index contributed by atoms with van der Waals surface area (Å²) in [5, 5.41) is 6.39. The minimum absolute atomic E-state index is 0.695. The Bertz CT molecular complexity index is 702. The first-order valence-corrected chi connectivity index (χ1v) is 7.11. The van der Waals surface area contributed by atoms with Gasteiger partial charge in [0.1, 0.15) is 5.52 Å². The molecule has 19 heavy (non-hydrogen) atoms. The molecule has 3 rings (SSSR count). The molecule has 0 amide bonds. The molecule has 0 atom stereocenters. The smallest absolute Gasteiger partial charge is 0.192 e. The number of thiazole rings is 1. The van der Waals surface area contributed by atoms with E-state index < -0.39 is 0 Å². The number of hydrogen-bond acceptors (Lipinski definition) is 5. The Morgan fingerprint density at radius 3 is 3.05 bits per heavy atom. The van der Waals surface area contributed by atoms with Crippen molar-refractivity contribution in [3.63, 3.8) is 0 Å². The van der Waals surface area contributed by atoms with Crippen LogP contribution in [0.2, 0.25) is 0 Å². The second-order valence-corrected chi connectivity index (χ2v) is 5.34. The second-order valence-electron chi connectivity index (χ2n) is 4.40. The van der Waals surface area contributed by atoms with Gasteiger partial charge in [-0.15, -0.1) is 11.3 Å². The second kappa shape index (κ2) is 5.11. The fraction of sp³-hybridized carbons (Fsp3) is 0.286. The molecule has 3 aromatic rings. The van der Waals surface area contributed by atoms with E-state index in [1.807, 2.05) is 32.2 Å². The van der Waals surface area contributed by atoms with Gasteiger partial charge in [-0.2, -0.15) is 0 Å². The molecule has 0 fully saturated rings. The van der Waals surface area contributed by atoms with Crippen LogP contribution in [0.3, 0.4) is 0 Å². The molecular formula is C14H15N3OS. The van der Waals surface area contributed by atoms with Gasteiger partial charge in [0.2, 0.25) is 0 Å². The van der Waals surface area contributed by atoms with Crippen LogP contribution in [0.5, 0.6) is 0 Å².